The molecule has 1 aromatic carbocycles. The number of rotatable bonds is 1. The third-order valence-corrected chi connectivity index (χ3v) is 2.34. The number of pyridine rings is 1. The summed E-state index contributed by atoms with van der Waals surface area (Å²) in [7, 11) is 0. The van der Waals surface area contributed by atoms with E-state index in [-0.39, 0.29) is 5.56 Å². The van der Waals surface area contributed by atoms with Gasteiger partial charge in [0.25, 0.3) is 0 Å². The molecule has 2 aromatic rings. The molecule has 3 nitrogen and oxygen atoms in total. The van der Waals surface area contributed by atoms with Gasteiger partial charge >= 0.3 is 0 Å². The lowest BCUT2D eigenvalue weighted by Crippen LogP contribution is -2.02. The number of aromatic nitrogens is 1. The van der Waals surface area contributed by atoms with Gasteiger partial charge in [-0.3, -0.25) is 4.79 Å². The maximum absolute atomic E-state index is 11.2. The highest BCUT2D eigenvalue weighted by molar-refractivity contribution is 5.68. The predicted molar refractivity (Wildman–Crippen MR) is 61.6 cm³/mol. The fourth-order valence-electron chi connectivity index (χ4n) is 1.62. The lowest BCUT2D eigenvalue weighted by molar-refractivity contribution is 1.24. The molecule has 0 saturated heterocycles. The molecule has 0 fully saturated rings. The smallest absolute Gasteiger partial charge is 0.248 e. The Balaban J connectivity index is 2.59. The summed E-state index contributed by atoms with van der Waals surface area (Å²) in [4.78, 5) is 13.8. The van der Waals surface area contributed by atoms with Crippen molar-refractivity contribution in [2.45, 2.75) is 6.92 Å². The molecule has 0 aliphatic rings. The highest BCUT2D eigenvalue weighted by Gasteiger charge is 2.01. The second kappa shape index (κ2) is 3.61. The van der Waals surface area contributed by atoms with E-state index in [1.54, 1.807) is 12.3 Å². The van der Waals surface area contributed by atoms with Gasteiger partial charge in [-0.2, -0.15) is 0 Å². The third kappa shape index (κ3) is 1.91. The van der Waals surface area contributed by atoms with Gasteiger partial charge in [-0.25, -0.2) is 0 Å². The molecular weight excluding hydrogens is 188 g/mol. The highest BCUT2D eigenvalue weighted by atomic mass is 16.1. The van der Waals surface area contributed by atoms with E-state index >= 15 is 0 Å². The summed E-state index contributed by atoms with van der Waals surface area (Å²) in [5.41, 5.74) is 9.33. The van der Waals surface area contributed by atoms with Gasteiger partial charge in [-0.05, 0) is 41.8 Å². The molecule has 3 N–H and O–H groups in total. The van der Waals surface area contributed by atoms with Crippen LogP contribution in [0, 0.1) is 6.92 Å². The summed E-state index contributed by atoms with van der Waals surface area (Å²) in [6.07, 6.45) is 1.65. The monoisotopic (exact) mass is 200 g/mol. The Labute approximate surface area is 87.6 Å². The van der Waals surface area contributed by atoms with Crippen molar-refractivity contribution < 1.29 is 0 Å². The van der Waals surface area contributed by atoms with Crippen molar-refractivity contribution in [3.63, 3.8) is 0 Å². The molecule has 1 heterocycles. The van der Waals surface area contributed by atoms with Crippen molar-refractivity contribution in [2.24, 2.45) is 0 Å². The van der Waals surface area contributed by atoms with Crippen molar-refractivity contribution in [1.82, 2.24) is 4.98 Å². The van der Waals surface area contributed by atoms with Crippen LogP contribution in [0.4, 0.5) is 5.69 Å². The topological polar surface area (TPSA) is 58.9 Å². The minimum absolute atomic E-state index is 0.0938. The minimum Gasteiger partial charge on any atom is -0.399 e. The van der Waals surface area contributed by atoms with Crippen LogP contribution in [0.25, 0.3) is 11.1 Å². The van der Waals surface area contributed by atoms with E-state index in [9.17, 15) is 4.79 Å². The highest BCUT2D eigenvalue weighted by Crippen LogP contribution is 2.23. The average Bonchev–Trinajstić information content (AvgIpc) is 2.17. The Kier molecular flexibility index (Phi) is 2.29. The van der Waals surface area contributed by atoms with E-state index in [1.807, 2.05) is 31.2 Å². The molecule has 2 rings (SSSR count). The van der Waals surface area contributed by atoms with Gasteiger partial charge < -0.3 is 10.7 Å². The van der Waals surface area contributed by atoms with Crippen LogP contribution < -0.4 is 11.3 Å². The zero-order valence-electron chi connectivity index (χ0n) is 8.45. The van der Waals surface area contributed by atoms with E-state index in [0.717, 1.165) is 22.4 Å². The Morgan fingerprint density at radius 2 is 2.00 bits per heavy atom. The van der Waals surface area contributed by atoms with Crippen LogP contribution in [0.3, 0.4) is 0 Å². The molecule has 0 aliphatic heterocycles. The van der Waals surface area contributed by atoms with Crippen molar-refractivity contribution in [2.75, 3.05) is 5.73 Å². The van der Waals surface area contributed by atoms with E-state index in [4.69, 9.17) is 5.73 Å². The van der Waals surface area contributed by atoms with Crippen molar-refractivity contribution in [3.05, 3.63) is 52.4 Å². The lowest BCUT2D eigenvalue weighted by atomic mass is 10.0. The predicted octanol–water partition coefficient (Wildman–Crippen LogP) is 1.93. The van der Waals surface area contributed by atoms with E-state index < -0.39 is 0 Å². The largest absolute Gasteiger partial charge is 0.399 e. The molecule has 0 amide bonds. The van der Waals surface area contributed by atoms with Crippen molar-refractivity contribution >= 4 is 5.69 Å². The van der Waals surface area contributed by atoms with E-state index in [2.05, 4.69) is 4.98 Å². The Morgan fingerprint density at radius 1 is 1.20 bits per heavy atom. The Bertz CT molecular complexity index is 543. The molecule has 1 aromatic heterocycles. The number of anilines is 1. The number of H-pyrrole nitrogens is 1. The maximum Gasteiger partial charge on any atom is 0.248 e. The first-order valence-electron chi connectivity index (χ1n) is 4.72. The Morgan fingerprint density at radius 3 is 2.67 bits per heavy atom. The summed E-state index contributed by atoms with van der Waals surface area (Å²) in [5, 5.41) is 0. The number of nitrogens with two attached hydrogens (primary N) is 1. The zero-order chi connectivity index (χ0) is 10.8. The number of aromatic amines is 1. The van der Waals surface area contributed by atoms with Crippen LogP contribution in [0.1, 0.15) is 5.56 Å². The number of nitrogens with one attached hydrogen (secondary N) is 1. The number of aryl methyl sites for hydroxylation is 1. The fourth-order valence-corrected chi connectivity index (χ4v) is 1.62. The van der Waals surface area contributed by atoms with Gasteiger partial charge in [0.15, 0.2) is 0 Å². The van der Waals surface area contributed by atoms with E-state index in [1.165, 1.54) is 0 Å². The quantitative estimate of drug-likeness (QED) is 0.691. The van der Waals surface area contributed by atoms with Crippen molar-refractivity contribution in [1.29, 1.82) is 0 Å². The summed E-state index contributed by atoms with van der Waals surface area (Å²) < 4.78 is 0. The van der Waals surface area contributed by atoms with Crippen LogP contribution >= 0.6 is 0 Å². The summed E-state index contributed by atoms with van der Waals surface area (Å²) >= 11 is 0. The fraction of sp³-hybridized carbons (Fsp3) is 0.0833. The summed E-state index contributed by atoms with van der Waals surface area (Å²) in [6, 6.07) is 9.12. The van der Waals surface area contributed by atoms with Crippen LogP contribution in [-0.4, -0.2) is 4.98 Å². The maximum atomic E-state index is 11.2. The number of hydrogen-bond acceptors (Lipinski definition) is 2. The van der Waals surface area contributed by atoms with Gasteiger partial charge in [-0.15, -0.1) is 0 Å². The van der Waals surface area contributed by atoms with Gasteiger partial charge in [0.2, 0.25) is 5.56 Å². The molecule has 0 unspecified atom stereocenters. The summed E-state index contributed by atoms with van der Waals surface area (Å²) in [6.45, 7) is 1.98. The first-order chi connectivity index (χ1) is 7.16. The molecule has 0 saturated carbocycles. The standard InChI is InChI=1S/C12H12N2O/c1-8-6-10(13)2-3-11(8)9-4-5-14-12(15)7-9/h2-7H,13H2,1H3,(H,14,15). The first kappa shape index (κ1) is 9.52. The molecule has 76 valence electrons. The number of benzene rings is 1. The van der Waals surface area contributed by atoms with Crippen LogP contribution in [-0.2, 0) is 0 Å². The molecule has 0 atom stereocenters. The van der Waals surface area contributed by atoms with Crippen molar-refractivity contribution in [3.8, 4) is 11.1 Å². The van der Waals surface area contributed by atoms with Crippen LogP contribution in [0.15, 0.2) is 41.3 Å². The minimum atomic E-state index is -0.0938. The number of hydrogen-bond donors (Lipinski definition) is 2. The summed E-state index contributed by atoms with van der Waals surface area (Å²) in [5.74, 6) is 0. The SMILES string of the molecule is Cc1cc(N)ccc1-c1cc[nH]c(=O)c1. The molecular formula is C12H12N2O. The third-order valence-electron chi connectivity index (χ3n) is 2.34. The second-order valence-corrected chi connectivity index (χ2v) is 3.52. The van der Waals surface area contributed by atoms with Gasteiger partial charge in [0, 0.05) is 18.0 Å². The molecule has 0 radical (unpaired) electrons. The van der Waals surface area contributed by atoms with Gasteiger partial charge in [-0.1, -0.05) is 6.07 Å². The first-order valence-corrected chi connectivity index (χ1v) is 4.72. The molecule has 0 spiro atoms. The molecule has 3 heteroatoms. The van der Waals surface area contributed by atoms with Gasteiger partial charge in [0.05, 0.1) is 0 Å². The normalized spacial score (nSPS) is 10.2. The van der Waals surface area contributed by atoms with E-state index in [0.29, 0.717) is 0 Å². The lowest BCUT2D eigenvalue weighted by Gasteiger charge is -2.05. The average molecular weight is 200 g/mol. The van der Waals surface area contributed by atoms with Crippen LogP contribution in [0.2, 0.25) is 0 Å². The molecule has 15 heavy (non-hydrogen) atoms. The molecule has 0 bridgehead atoms. The van der Waals surface area contributed by atoms with Gasteiger partial charge in [0.1, 0.15) is 0 Å². The molecule has 0 aliphatic carbocycles. The Hall–Kier alpha value is -2.03. The second-order valence-electron chi connectivity index (χ2n) is 3.52. The van der Waals surface area contributed by atoms with Crippen LogP contribution in [0.5, 0.6) is 0 Å². The number of nitrogen functional groups attached to an aromatic ring is 1. The zero-order valence-corrected chi connectivity index (χ0v) is 8.45.